The predicted octanol–water partition coefficient (Wildman–Crippen LogP) is 6.10. The number of furan rings is 1. The number of sulfonamides is 1. The Bertz CT molecular complexity index is 1590. The number of aryl methyl sites for hydroxylation is 1. The minimum absolute atomic E-state index is 0.343. The fourth-order valence-electron chi connectivity index (χ4n) is 4.38. The first-order chi connectivity index (χ1) is 17.6. The molecule has 0 saturated carbocycles. The highest BCUT2D eigenvalue weighted by molar-refractivity contribution is 9.10. The van der Waals surface area contributed by atoms with Crippen LogP contribution in [-0.2, 0) is 10.0 Å². The number of rotatable bonds is 6. The van der Waals surface area contributed by atoms with Gasteiger partial charge in [0.05, 0.1) is 29.2 Å². The van der Waals surface area contributed by atoms with Crippen molar-refractivity contribution >= 4 is 54.7 Å². The van der Waals surface area contributed by atoms with Crippen LogP contribution in [-0.4, -0.2) is 24.8 Å². The monoisotopic (exact) mass is 600 g/mol. The maximum atomic E-state index is 14.7. The van der Waals surface area contributed by atoms with Crippen molar-refractivity contribution in [2.45, 2.75) is 19.0 Å². The molecule has 0 spiro atoms. The first-order valence-corrected chi connectivity index (χ1v) is 14.3. The molecular weight excluding hydrogens is 579 g/mol. The van der Waals surface area contributed by atoms with E-state index in [0.29, 0.717) is 32.4 Å². The normalized spacial score (nSPS) is 17.6. The Morgan fingerprint density at radius 1 is 1.14 bits per heavy atom. The van der Waals surface area contributed by atoms with Gasteiger partial charge in [0.2, 0.25) is 10.0 Å². The molecule has 0 radical (unpaired) electrons. The van der Waals surface area contributed by atoms with Gasteiger partial charge in [-0.2, -0.15) is 0 Å². The Morgan fingerprint density at radius 3 is 2.62 bits per heavy atom. The summed E-state index contributed by atoms with van der Waals surface area (Å²) in [6, 6.07) is 18.5. The summed E-state index contributed by atoms with van der Waals surface area (Å²) in [6.45, 7) is 1.82. The first-order valence-electron chi connectivity index (χ1n) is 11.2. The van der Waals surface area contributed by atoms with Crippen LogP contribution in [0.1, 0.15) is 29.1 Å². The number of pyridine rings is 1. The molecule has 37 heavy (non-hydrogen) atoms. The Balaban J connectivity index is 1.59. The maximum absolute atomic E-state index is 14.7. The molecule has 1 fully saturated rings. The summed E-state index contributed by atoms with van der Waals surface area (Å²) in [6.07, 6.45) is 2.82. The fraction of sp³-hybridized carbons (Fsp3) is 0.154. The van der Waals surface area contributed by atoms with Crippen LogP contribution < -0.4 is 14.9 Å². The molecule has 7 nitrogen and oxygen atoms in total. The number of hydrogen-bond donors (Lipinski definition) is 2. The van der Waals surface area contributed by atoms with Gasteiger partial charge < -0.3 is 14.6 Å². The lowest BCUT2D eigenvalue weighted by molar-refractivity contribution is 0.438. The third kappa shape index (κ3) is 5.25. The molecule has 0 amide bonds. The second-order valence-corrected chi connectivity index (χ2v) is 11.7. The van der Waals surface area contributed by atoms with E-state index in [1.165, 1.54) is 6.07 Å². The van der Waals surface area contributed by atoms with Crippen molar-refractivity contribution in [3.05, 3.63) is 100 Å². The van der Waals surface area contributed by atoms with Crippen molar-refractivity contribution < 1.29 is 17.2 Å². The highest BCUT2D eigenvalue weighted by Gasteiger charge is 2.42. The van der Waals surface area contributed by atoms with E-state index in [9.17, 15) is 12.8 Å². The second-order valence-electron chi connectivity index (χ2n) is 8.70. The molecule has 2 aromatic heterocycles. The number of nitrogens with one attached hydrogen (secondary N) is 2. The molecule has 2 atom stereocenters. The average molecular weight is 602 g/mol. The zero-order chi connectivity index (χ0) is 26.3. The lowest BCUT2D eigenvalue weighted by atomic mass is 10.0. The van der Waals surface area contributed by atoms with Gasteiger partial charge >= 0.3 is 0 Å². The molecule has 5 rings (SSSR count). The summed E-state index contributed by atoms with van der Waals surface area (Å²) in [5, 5.41) is 3.81. The molecule has 1 aliphatic rings. The predicted molar refractivity (Wildman–Crippen MR) is 149 cm³/mol. The topological polar surface area (TPSA) is 87.5 Å². The Kier molecular flexibility index (Phi) is 6.78. The molecule has 0 aliphatic carbocycles. The maximum Gasteiger partial charge on any atom is 0.229 e. The van der Waals surface area contributed by atoms with E-state index in [2.05, 4.69) is 31.0 Å². The SMILES string of the molecule is Cc1cc(N2C(=S)N[C@@H](c3ccccn3)[C@H]2c2ccc(-c3ccc(Br)cc3F)o2)ccc1NS(C)(=O)=O. The molecule has 2 aromatic carbocycles. The van der Waals surface area contributed by atoms with E-state index in [0.717, 1.165) is 23.2 Å². The lowest BCUT2D eigenvalue weighted by Crippen LogP contribution is -2.29. The van der Waals surface area contributed by atoms with Gasteiger partial charge in [-0.1, -0.05) is 22.0 Å². The lowest BCUT2D eigenvalue weighted by Gasteiger charge is -2.26. The van der Waals surface area contributed by atoms with Crippen molar-refractivity contribution in [3.63, 3.8) is 0 Å². The van der Waals surface area contributed by atoms with Crippen molar-refractivity contribution in [1.29, 1.82) is 0 Å². The van der Waals surface area contributed by atoms with Crippen LogP contribution >= 0.6 is 28.1 Å². The summed E-state index contributed by atoms with van der Waals surface area (Å²) in [4.78, 5) is 6.44. The molecule has 11 heteroatoms. The highest BCUT2D eigenvalue weighted by atomic mass is 79.9. The quantitative estimate of drug-likeness (QED) is 0.258. The smallest absolute Gasteiger partial charge is 0.229 e. The van der Waals surface area contributed by atoms with Crippen molar-refractivity contribution in [2.24, 2.45) is 0 Å². The van der Waals surface area contributed by atoms with Gasteiger partial charge in [-0.15, -0.1) is 0 Å². The fourth-order valence-corrected chi connectivity index (χ4v) is 5.69. The van der Waals surface area contributed by atoms with E-state index in [4.69, 9.17) is 16.6 Å². The number of aromatic nitrogens is 1. The van der Waals surface area contributed by atoms with Crippen LogP contribution in [0.3, 0.4) is 0 Å². The molecule has 4 aromatic rings. The average Bonchev–Trinajstić information content (AvgIpc) is 3.45. The summed E-state index contributed by atoms with van der Waals surface area (Å²) in [5.74, 6) is 0.552. The van der Waals surface area contributed by atoms with Gasteiger partial charge in [0, 0.05) is 16.4 Å². The Morgan fingerprint density at radius 2 is 1.95 bits per heavy atom. The number of hydrogen-bond acceptors (Lipinski definition) is 5. The van der Waals surface area contributed by atoms with Gasteiger partial charge in [-0.25, -0.2) is 12.8 Å². The van der Waals surface area contributed by atoms with E-state index in [-0.39, 0.29) is 6.04 Å². The highest BCUT2D eigenvalue weighted by Crippen LogP contribution is 2.43. The molecule has 3 heterocycles. The van der Waals surface area contributed by atoms with E-state index in [1.54, 1.807) is 36.5 Å². The summed E-state index contributed by atoms with van der Waals surface area (Å²) >= 11 is 9.03. The van der Waals surface area contributed by atoms with Crippen molar-refractivity contribution in [3.8, 4) is 11.3 Å². The number of benzene rings is 2. The van der Waals surface area contributed by atoms with Crippen LogP contribution in [0.15, 0.2) is 81.8 Å². The summed E-state index contributed by atoms with van der Waals surface area (Å²) in [5.41, 5.74) is 3.05. The van der Waals surface area contributed by atoms with Gasteiger partial charge in [-0.3, -0.25) is 9.71 Å². The molecule has 2 N–H and O–H groups in total. The van der Waals surface area contributed by atoms with E-state index >= 15 is 0 Å². The van der Waals surface area contributed by atoms with E-state index < -0.39 is 21.9 Å². The third-order valence-electron chi connectivity index (χ3n) is 6.00. The van der Waals surface area contributed by atoms with Crippen molar-refractivity contribution in [1.82, 2.24) is 10.3 Å². The molecule has 190 valence electrons. The standard InChI is InChI=1S/C26H22BrFN4O3S2/c1-15-13-17(7-9-20(15)31-37(2,33)34)32-25(24(30-26(32)36)21-5-3-4-12-29-21)23-11-10-22(35-23)18-8-6-16(27)14-19(18)28/h3-14,24-25,31H,1-2H3,(H,30,36)/t24-,25+/m0/s1. The minimum Gasteiger partial charge on any atom is -0.459 e. The number of thiocarbonyl (C=S) groups is 1. The first kappa shape index (κ1) is 25.4. The third-order valence-corrected chi connectivity index (χ3v) is 7.39. The minimum atomic E-state index is -3.43. The van der Waals surface area contributed by atoms with Crippen LogP contribution in [0.4, 0.5) is 15.8 Å². The van der Waals surface area contributed by atoms with Crippen LogP contribution in [0, 0.1) is 12.7 Å². The van der Waals surface area contributed by atoms with Crippen LogP contribution in [0.25, 0.3) is 11.3 Å². The number of halogens is 2. The summed E-state index contributed by atoms with van der Waals surface area (Å²) in [7, 11) is -3.43. The van der Waals surface area contributed by atoms with E-state index in [1.807, 2.05) is 42.2 Å². The number of nitrogens with zero attached hydrogens (tertiary/aromatic N) is 2. The molecular formula is C26H22BrFN4O3S2. The summed E-state index contributed by atoms with van der Waals surface area (Å²) < 4.78 is 47.6. The zero-order valence-electron chi connectivity index (χ0n) is 19.8. The Labute approximate surface area is 227 Å². The number of anilines is 2. The van der Waals surface area contributed by atoms with Crippen LogP contribution in [0.2, 0.25) is 0 Å². The Hall–Kier alpha value is -3.28. The van der Waals surface area contributed by atoms with Gasteiger partial charge in [0.15, 0.2) is 5.11 Å². The van der Waals surface area contributed by atoms with Crippen LogP contribution in [0.5, 0.6) is 0 Å². The molecule has 1 saturated heterocycles. The van der Waals surface area contributed by atoms with Gasteiger partial charge in [-0.05, 0) is 85.4 Å². The molecule has 0 bridgehead atoms. The molecule has 0 unspecified atom stereocenters. The van der Waals surface area contributed by atoms with Gasteiger partial charge in [0.1, 0.15) is 23.4 Å². The second kappa shape index (κ2) is 9.88. The van der Waals surface area contributed by atoms with Crippen molar-refractivity contribution in [2.75, 3.05) is 15.9 Å². The molecule has 1 aliphatic heterocycles. The zero-order valence-corrected chi connectivity index (χ0v) is 23.0. The van der Waals surface area contributed by atoms with Gasteiger partial charge in [0.25, 0.3) is 0 Å². The largest absolute Gasteiger partial charge is 0.459 e.